The van der Waals surface area contributed by atoms with Crippen LogP contribution in [0.1, 0.15) is 21.6 Å². The number of fused-ring (bicyclic) bond motifs is 1. The number of carbonyl (C=O) groups excluding carboxylic acids is 1. The van der Waals surface area contributed by atoms with Crippen LogP contribution in [0.15, 0.2) is 53.6 Å². The molecule has 0 unspecified atom stereocenters. The highest BCUT2D eigenvalue weighted by Crippen LogP contribution is 2.26. The van der Waals surface area contributed by atoms with E-state index in [2.05, 4.69) is 20.0 Å². The highest BCUT2D eigenvalue weighted by atomic mass is 32.2. The molecule has 28 heavy (non-hydrogen) atoms. The molecule has 1 aliphatic rings. The molecule has 0 atom stereocenters. The second-order valence-corrected chi connectivity index (χ2v) is 8.19. The molecule has 9 heteroatoms. The van der Waals surface area contributed by atoms with E-state index in [0.717, 1.165) is 11.1 Å². The molecular weight excluding hydrogens is 378 g/mol. The molecule has 0 bridgehead atoms. The number of sulfonamides is 1. The van der Waals surface area contributed by atoms with Gasteiger partial charge < -0.3 is 11.1 Å². The molecule has 3 aromatic rings. The molecular formula is C19H17N5O3S. The van der Waals surface area contributed by atoms with E-state index >= 15 is 0 Å². The summed E-state index contributed by atoms with van der Waals surface area (Å²) in [4.78, 5) is 21.3. The van der Waals surface area contributed by atoms with Crippen LogP contribution in [-0.2, 0) is 16.6 Å². The number of hydrogen-bond donors (Lipinski definition) is 3. The summed E-state index contributed by atoms with van der Waals surface area (Å²) in [6.45, 7) is 2.17. The van der Waals surface area contributed by atoms with Gasteiger partial charge in [-0.05, 0) is 30.7 Å². The molecule has 0 spiro atoms. The Morgan fingerprint density at radius 1 is 1.18 bits per heavy atom. The maximum absolute atomic E-state index is 12.7. The number of anilines is 2. The topological polar surface area (TPSA) is 127 Å². The predicted octanol–water partition coefficient (Wildman–Crippen LogP) is 2.08. The lowest BCUT2D eigenvalue weighted by molar-refractivity contribution is 0.102. The van der Waals surface area contributed by atoms with Crippen molar-refractivity contribution in [3.05, 3.63) is 65.5 Å². The standard InChI is InChI=1S/C19H17N5O3S/c1-11-2-4-12(5-3-11)15-10-21-18(20)17(24-15)19(25)23-14-6-7-16-13(8-14)9-22-28(16,26)27/h2-8,10,22H,9H2,1H3,(H2,20,21)(H,23,25). The first-order valence-corrected chi connectivity index (χ1v) is 9.95. The van der Waals surface area contributed by atoms with E-state index in [1.54, 1.807) is 6.07 Å². The first-order chi connectivity index (χ1) is 13.3. The van der Waals surface area contributed by atoms with Crippen molar-refractivity contribution in [1.82, 2.24) is 14.7 Å². The minimum Gasteiger partial charge on any atom is -0.382 e. The monoisotopic (exact) mass is 395 g/mol. The summed E-state index contributed by atoms with van der Waals surface area (Å²) in [5.74, 6) is -0.508. The molecule has 1 aliphatic heterocycles. The molecule has 8 nitrogen and oxygen atoms in total. The lowest BCUT2D eigenvalue weighted by Gasteiger charge is -2.09. The molecule has 2 heterocycles. The van der Waals surface area contributed by atoms with Gasteiger partial charge in [-0.25, -0.2) is 23.1 Å². The van der Waals surface area contributed by atoms with Crippen molar-refractivity contribution < 1.29 is 13.2 Å². The number of nitrogens with zero attached hydrogens (tertiary/aromatic N) is 2. The van der Waals surface area contributed by atoms with Crippen molar-refractivity contribution in [2.75, 3.05) is 11.1 Å². The average molecular weight is 395 g/mol. The van der Waals surface area contributed by atoms with Crippen molar-refractivity contribution in [2.24, 2.45) is 0 Å². The zero-order valence-corrected chi connectivity index (χ0v) is 15.7. The van der Waals surface area contributed by atoms with Crippen LogP contribution in [0.2, 0.25) is 0 Å². The van der Waals surface area contributed by atoms with Crippen LogP contribution in [0.25, 0.3) is 11.3 Å². The van der Waals surface area contributed by atoms with E-state index < -0.39 is 15.9 Å². The summed E-state index contributed by atoms with van der Waals surface area (Å²) >= 11 is 0. The first-order valence-electron chi connectivity index (χ1n) is 8.47. The van der Waals surface area contributed by atoms with Gasteiger partial charge >= 0.3 is 0 Å². The maximum atomic E-state index is 12.7. The van der Waals surface area contributed by atoms with Crippen LogP contribution in [0.4, 0.5) is 11.5 Å². The minimum absolute atomic E-state index is 0.00400. The van der Waals surface area contributed by atoms with Gasteiger partial charge in [-0.3, -0.25) is 4.79 Å². The van der Waals surface area contributed by atoms with Crippen molar-refractivity contribution in [3.63, 3.8) is 0 Å². The van der Waals surface area contributed by atoms with Gasteiger partial charge in [0.1, 0.15) is 0 Å². The van der Waals surface area contributed by atoms with Gasteiger partial charge in [-0.1, -0.05) is 29.8 Å². The molecule has 4 N–H and O–H groups in total. The third-order valence-corrected chi connectivity index (χ3v) is 5.93. The van der Waals surface area contributed by atoms with Crippen LogP contribution < -0.4 is 15.8 Å². The molecule has 0 aliphatic carbocycles. The number of amides is 1. The van der Waals surface area contributed by atoms with Crippen LogP contribution in [0.3, 0.4) is 0 Å². The van der Waals surface area contributed by atoms with E-state index in [1.165, 1.54) is 18.3 Å². The Kier molecular flexibility index (Phi) is 4.33. The highest BCUT2D eigenvalue weighted by molar-refractivity contribution is 7.89. The maximum Gasteiger partial charge on any atom is 0.278 e. The van der Waals surface area contributed by atoms with Crippen molar-refractivity contribution in [2.45, 2.75) is 18.4 Å². The fraction of sp³-hybridized carbons (Fsp3) is 0.105. The Morgan fingerprint density at radius 2 is 1.93 bits per heavy atom. The summed E-state index contributed by atoms with van der Waals surface area (Å²) in [6.07, 6.45) is 1.52. The van der Waals surface area contributed by atoms with Gasteiger partial charge in [0.05, 0.1) is 16.8 Å². The Morgan fingerprint density at radius 3 is 2.68 bits per heavy atom. The SMILES string of the molecule is Cc1ccc(-c2cnc(N)c(C(=O)Nc3ccc4c(c3)CNS4(=O)=O)n2)cc1. The van der Waals surface area contributed by atoms with E-state index in [-0.39, 0.29) is 23.0 Å². The van der Waals surface area contributed by atoms with Crippen LogP contribution in [0, 0.1) is 6.92 Å². The summed E-state index contributed by atoms with van der Waals surface area (Å²) in [5.41, 5.74) is 9.35. The zero-order valence-electron chi connectivity index (χ0n) is 14.9. The number of aryl methyl sites for hydroxylation is 1. The number of hydrogen-bond acceptors (Lipinski definition) is 6. The number of nitrogens with one attached hydrogen (secondary N) is 2. The summed E-state index contributed by atoms with van der Waals surface area (Å²) in [6, 6.07) is 12.3. The number of nitrogen functional groups attached to an aromatic ring is 1. The van der Waals surface area contributed by atoms with Crippen molar-refractivity contribution in [1.29, 1.82) is 0 Å². The third-order valence-electron chi connectivity index (χ3n) is 4.42. The molecule has 0 radical (unpaired) electrons. The normalized spacial score (nSPS) is 14.5. The summed E-state index contributed by atoms with van der Waals surface area (Å²) in [7, 11) is -3.45. The number of nitrogens with two attached hydrogens (primary N) is 1. The smallest absolute Gasteiger partial charge is 0.278 e. The number of carbonyl (C=O) groups is 1. The predicted molar refractivity (Wildman–Crippen MR) is 105 cm³/mol. The van der Waals surface area contributed by atoms with E-state index in [9.17, 15) is 13.2 Å². The van der Waals surface area contributed by atoms with E-state index in [4.69, 9.17) is 5.73 Å². The molecule has 1 aromatic heterocycles. The van der Waals surface area contributed by atoms with Gasteiger partial charge in [0, 0.05) is 17.8 Å². The van der Waals surface area contributed by atoms with Crippen LogP contribution in [0.5, 0.6) is 0 Å². The number of benzene rings is 2. The van der Waals surface area contributed by atoms with Gasteiger partial charge in [0.25, 0.3) is 5.91 Å². The van der Waals surface area contributed by atoms with Crippen LogP contribution >= 0.6 is 0 Å². The van der Waals surface area contributed by atoms with Crippen LogP contribution in [-0.4, -0.2) is 24.3 Å². The Labute approximate surface area is 161 Å². The molecule has 0 fully saturated rings. The molecule has 2 aromatic carbocycles. The molecule has 1 amide bonds. The molecule has 4 rings (SSSR count). The van der Waals surface area contributed by atoms with Crippen molar-refractivity contribution >= 4 is 27.4 Å². The van der Waals surface area contributed by atoms with E-state index in [1.807, 2.05) is 31.2 Å². The summed E-state index contributed by atoms with van der Waals surface area (Å²) < 4.78 is 26.1. The highest BCUT2D eigenvalue weighted by Gasteiger charge is 2.25. The number of aromatic nitrogens is 2. The van der Waals surface area contributed by atoms with Gasteiger partial charge in [-0.15, -0.1) is 0 Å². The largest absolute Gasteiger partial charge is 0.382 e. The zero-order chi connectivity index (χ0) is 19.9. The second kappa shape index (κ2) is 6.70. The quantitative estimate of drug-likeness (QED) is 0.623. The molecule has 0 saturated heterocycles. The summed E-state index contributed by atoms with van der Waals surface area (Å²) in [5, 5.41) is 2.70. The molecule has 142 valence electrons. The van der Waals surface area contributed by atoms with Gasteiger partial charge in [0.2, 0.25) is 10.0 Å². The van der Waals surface area contributed by atoms with Gasteiger partial charge in [-0.2, -0.15) is 0 Å². The van der Waals surface area contributed by atoms with Gasteiger partial charge in [0.15, 0.2) is 11.5 Å². The lowest BCUT2D eigenvalue weighted by atomic mass is 10.1. The third kappa shape index (κ3) is 3.32. The van der Waals surface area contributed by atoms with E-state index in [0.29, 0.717) is 16.9 Å². The number of rotatable bonds is 3. The minimum atomic E-state index is -3.45. The fourth-order valence-electron chi connectivity index (χ4n) is 2.93. The first kappa shape index (κ1) is 18.1. The second-order valence-electron chi connectivity index (χ2n) is 6.46. The molecule has 0 saturated carbocycles. The fourth-order valence-corrected chi connectivity index (χ4v) is 4.15. The Balaban J connectivity index is 1.62. The lowest BCUT2D eigenvalue weighted by Crippen LogP contribution is -2.17. The average Bonchev–Trinajstić information content (AvgIpc) is 2.97. The Hall–Kier alpha value is -3.30. The van der Waals surface area contributed by atoms with Crippen molar-refractivity contribution in [3.8, 4) is 11.3 Å². The Bertz CT molecular complexity index is 1190.